The quantitative estimate of drug-likeness (QED) is 0.476. The second kappa shape index (κ2) is 8.57. The van der Waals surface area contributed by atoms with Gasteiger partial charge in [0, 0.05) is 15.6 Å². The van der Waals surface area contributed by atoms with Crippen LogP contribution in [-0.4, -0.2) is 11.8 Å². The summed E-state index contributed by atoms with van der Waals surface area (Å²) in [5.74, 6) is -1.26. The molecule has 0 bridgehead atoms. The number of hydrogen-bond acceptors (Lipinski definition) is 4. The summed E-state index contributed by atoms with van der Waals surface area (Å²) in [7, 11) is 0. The van der Waals surface area contributed by atoms with Crippen LogP contribution in [0.5, 0.6) is 0 Å². The highest BCUT2D eigenvalue weighted by Crippen LogP contribution is 2.39. The second-order valence-corrected chi connectivity index (χ2v) is 8.65. The topological polar surface area (TPSA) is 49.4 Å². The first-order valence-corrected chi connectivity index (χ1v) is 10.7. The summed E-state index contributed by atoms with van der Waals surface area (Å²) < 4.78 is 13.3. The zero-order chi connectivity index (χ0) is 22.1. The van der Waals surface area contributed by atoms with E-state index in [1.807, 2.05) is 32.0 Å². The van der Waals surface area contributed by atoms with E-state index in [0.717, 1.165) is 16.0 Å². The Hall–Kier alpha value is -3.09. The fraction of sp³-hybridized carbons (Fsp3) is 0.0833. The van der Waals surface area contributed by atoms with Crippen LogP contribution >= 0.6 is 23.4 Å². The molecule has 0 saturated heterocycles. The first kappa shape index (κ1) is 21.2. The number of benzene rings is 3. The van der Waals surface area contributed by atoms with Gasteiger partial charge in [-0.15, -0.1) is 0 Å². The third kappa shape index (κ3) is 4.36. The first-order chi connectivity index (χ1) is 14.8. The number of imide groups is 1. The third-order valence-electron chi connectivity index (χ3n) is 4.79. The number of rotatable bonds is 5. The Balaban J connectivity index is 1.77. The maximum Gasteiger partial charge on any atom is 0.283 e. The number of hydrogen-bond donors (Lipinski definition) is 1. The fourth-order valence-electron chi connectivity index (χ4n) is 3.19. The van der Waals surface area contributed by atoms with Crippen molar-refractivity contribution in [2.45, 2.75) is 18.7 Å². The van der Waals surface area contributed by atoms with Gasteiger partial charge >= 0.3 is 0 Å². The van der Waals surface area contributed by atoms with Gasteiger partial charge in [-0.1, -0.05) is 35.5 Å². The summed E-state index contributed by atoms with van der Waals surface area (Å²) in [4.78, 5) is 29.0. The van der Waals surface area contributed by atoms with E-state index in [0.29, 0.717) is 16.4 Å². The van der Waals surface area contributed by atoms with Crippen LogP contribution in [0.25, 0.3) is 0 Å². The molecule has 0 radical (unpaired) electrons. The molecule has 3 aromatic rings. The summed E-state index contributed by atoms with van der Waals surface area (Å²) in [5, 5.41) is 3.60. The summed E-state index contributed by atoms with van der Waals surface area (Å²) in [6.07, 6.45) is 0. The summed E-state index contributed by atoms with van der Waals surface area (Å²) in [6, 6.07) is 18.3. The largest absolute Gasteiger partial charge is 0.350 e. The minimum atomic E-state index is -0.459. The minimum Gasteiger partial charge on any atom is -0.350 e. The lowest BCUT2D eigenvalue weighted by atomic mass is 10.1. The highest BCUT2D eigenvalue weighted by Gasteiger charge is 2.40. The number of anilines is 2. The SMILES string of the molecule is Cc1ccc(C)c(N2C(=O)C(Nc3ccc(F)cc3)=C(Sc3ccc(Cl)cc3)C2=O)c1. The summed E-state index contributed by atoms with van der Waals surface area (Å²) in [5.41, 5.74) is 2.95. The summed E-state index contributed by atoms with van der Waals surface area (Å²) >= 11 is 7.15. The Morgan fingerprint density at radius 2 is 1.58 bits per heavy atom. The van der Waals surface area contributed by atoms with Gasteiger partial charge < -0.3 is 5.32 Å². The molecule has 2 amide bonds. The molecule has 0 aromatic heterocycles. The van der Waals surface area contributed by atoms with Crippen LogP contribution in [0.15, 0.2) is 82.2 Å². The van der Waals surface area contributed by atoms with Crippen LogP contribution in [0.3, 0.4) is 0 Å². The van der Waals surface area contributed by atoms with Crippen molar-refractivity contribution < 1.29 is 14.0 Å². The standard InChI is InChI=1S/C24H18ClFN2O2S/c1-14-3-4-15(2)20(13-14)28-23(29)21(27-18-9-7-17(26)8-10-18)22(24(28)30)31-19-11-5-16(25)6-12-19/h3-13,27H,1-2H3. The Morgan fingerprint density at radius 1 is 0.903 bits per heavy atom. The van der Waals surface area contributed by atoms with Gasteiger partial charge in [0.1, 0.15) is 16.4 Å². The second-order valence-electron chi connectivity index (χ2n) is 7.13. The van der Waals surface area contributed by atoms with Crippen molar-refractivity contribution >= 4 is 46.6 Å². The smallest absolute Gasteiger partial charge is 0.283 e. The van der Waals surface area contributed by atoms with E-state index in [1.165, 1.54) is 40.9 Å². The first-order valence-electron chi connectivity index (χ1n) is 9.50. The maximum atomic E-state index is 13.4. The van der Waals surface area contributed by atoms with E-state index in [9.17, 15) is 14.0 Å². The van der Waals surface area contributed by atoms with Crippen LogP contribution in [-0.2, 0) is 9.59 Å². The highest BCUT2D eigenvalue weighted by atomic mass is 35.5. The van der Waals surface area contributed by atoms with Crippen molar-refractivity contribution in [2.24, 2.45) is 0 Å². The average Bonchev–Trinajstić information content (AvgIpc) is 2.97. The van der Waals surface area contributed by atoms with Crippen molar-refractivity contribution in [1.82, 2.24) is 0 Å². The minimum absolute atomic E-state index is 0.150. The van der Waals surface area contributed by atoms with E-state index >= 15 is 0 Å². The number of amides is 2. The Morgan fingerprint density at radius 3 is 2.26 bits per heavy atom. The van der Waals surface area contributed by atoms with Crippen molar-refractivity contribution in [3.8, 4) is 0 Å². The molecule has 0 fully saturated rings. The third-order valence-corrected chi connectivity index (χ3v) is 6.14. The number of halogens is 2. The monoisotopic (exact) mass is 452 g/mol. The summed E-state index contributed by atoms with van der Waals surface area (Å²) in [6.45, 7) is 3.76. The molecule has 4 rings (SSSR count). The van der Waals surface area contributed by atoms with Gasteiger partial charge in [-0.05, 0) is 79.6 Å². The van der Waals surface area contributed by atoms with E-state index in [2.05, 4.69) is 5.32 Å². The molecule has 31 heavy (non-hydrogen) atoms. The van der Waals surface area contributed by atoms with Crippen molar-refractivity contribution in [1.29, 1.82) is 0 Å². The lowest BCUT2D eigenvalue weighted by Crippen LogP contribution is -2.33. The molecule has 1 aliphatic heterocycles. The molecule has 0 unspecified atom stereocenters. The molecule has 0 spiro atoms. The van der Waals surface area contributed by atoms with Gasteiger partial charge in [-0.25, -0.2) is 9.29 Å². The molecular formula is C24H18ClFN2O2S. The molecule has 7 heteroatoms. The van der Waals surface area contributed by atoms with Crippen molar-refractivity contribution in [3.63, 3.8) is 0 Å². The highest BCUT2D eigenvalue weighted by molar-refractivity contribution is 8.04. The Kier molecular flexibility index (Phi) is 5.85. The number of nitrogens with zero attached hydrogens (tertiary/aromatic N) is 1. The zero-order valence-corrected chi connectivity index (χ0v) is 18.4. The average molecular weight is 453 g/mol. The van der Waals surface area contributed by atoms with Gasteiger partial charge in [0.25, 0.3) is 11.8 Å². The van der Waals surface area contributed by atoms with Gasteiger partial charge in [-0.3, -0.25) is 9.59 Å². The number of thioether (sulfide) groups is 1. The number of nitrogens with one attached hydrogen (secondary N) is 1. The van der Waals surface area contributed by atoms with E-state index in [4.69, 9.17) is 11.6 Å². The zero-order valence-electron chi connectivity index (χ0n) is 16.8. The van der Waals surface area contributed by atoms with E-state index in [-0.39, 0.29) is 16.4 Å². The predicted octanol–water partition coefficient (Wildman–Crippen LogP) is 6.09. The van der Waals surface area contributed by atoms with Crippen LogP contribution in [0.1, 0.15) is 11.1 Å². The molecule has 0 aliphatic carbocycles. The van der Waals surface area contributed by atoms with E-state index in [1.54, 1.807) is 24.3 Å². The van der Waals surface area contributed by atoms with Gasteiger partial charge in [0.15, 0.2) is 0 Å². The van der Waals surface area contributed by atoms with Crippen LogP contribution < -0.4 is 10.2 Å². The molecule has 3 aromatic carbocycles. The maximum absolute atomic E-state index is 13.4. The van der Waals surface area contributed by atoms with Crippen LogP contribution in [0.2, 0.25) is 5.02 Å². The van der Waals surface area contributed by atoms with Crippen LogP contribution in [0.4, 0.5) is 15.8 Å². The molecular weight excluding hydrogens is 435 g/mol. The predicted molar refractivity (Wildman–Crippen MR) is 123 cm³/mol. The molecule has 0 atom stereocenters. The fourth-order valence-corrected chi connectivity index (χ4v) is 4.24. The number of carbonyl (C=O) groups is 2. The van der Waals surface area contributed by atoms with Crippen molar-refractivity contribution in [3.05, 3.63) is 99.3 Å². The molecule has 1 aliphatic rings. The lowest BCUT2D eigenvalue weighted by molar-refractivity contribution is -0.120. The van der Waals surface area contributed by atoms with E-state index < -0.39 is 11.8 Å². The molecule has 4 nitrogen and oxygen atoms in total. The normalized spacial score (nSPS) is 13.9. The Bertz CT molecular complexity index is 1140. The molecule has 1 heterocycles. The number of aryl methyl sites for hydroxylation is 2. The van der Waals surface area contributed by atoms with Gasteiger partial charge in [0.2, 0.25) is 0 Å². The molecule has 156 valence electrons. The Labute approximate surface area is 188 Å². The molecule has 0 saturated carbocycles. The lowest BCUT2D eigenvalue weighted by Gasteiger charge is -2.18. The van der Waals surface area contributed by atoms with Crippen molar-refractivity contribution in [2.75, 3.05) is 10.2 Å². The molecule has 1 N–H and O–H groups in total. The van der Waals surface area contributed by atoms with Gasteiger partial charge in [-0.2, -0.15) is 0 Å². The van der Waals surface area contributed by atoms with Gasteiger partial charge in [0.05, 0.1) is 5.69 Å². The number of carbonyl (C=O) groups excluding carboxylic acids is 2. The van der Waals surface area contributed by atoms with Crippen LogP contribution in [0, 0.1) is 19.7 Å².